The predicted octanol–water partition coefficient (Wildman–Crippen LogP) is 5.33. The smallest absolute Gasteiger partial charge is 0.336 e. The molecular weight excluding hydrogens is 482 g/mol. The van der Waals surface area contributed by atoms with Gasteiger partial charge in [-0.05, 0) is 48.2 Å². The van der Waals surface area contributed by atoms with E-state index in [0.717, 1.165) is 22.8 Å². The SMILES string of the molecule is CCSCCOC(=O)C1=C(C)NC2=C(C(=O)C[C@@H](c3cccs3)C2)[C@@H]1c1ccc(OC(C)=O)cc1. The molecule has 6 nitrogen and oxygen atoms in total. The molecule has 1 aliphatic heterocycles. The van der Waals surface area contributed by atoms with E-state index in [1.807, 2.05) is 30.5 Å². The van der Waals surface area contributed by atoms with Gasteiger partial charge in [-0.15, -0.1) is 11.3 Å². The molecular formula is C27H29NO5S2. The van der Waals surface area contributed by atoms with Crippen molar-refractivity contribution in [1.82, 2.24) is 5.32 Å². The van der Waals surface area contributed by atoms with Gasteiger partial charge in [-0.1, -0.05) is 25.1 Å². The number of nitrogens with one attached hydrogen (secondary N) is 1. The predicted molar refractivity (Wildman–Crippen MR) is 139 cm³/mol. The summed E-state index contributed by atoms with van der Waals surface area (Å²) in [7, 11) is 0. The molecule has 2 aromatic rings. The number of allylic oxidation sites excluding steroid dienone is 3. The van der Waals surface area contributed by atoms with Crippen molar-refractivity contribution in [2.24, 2.45) is 0 Å². The van der Waals surface area contributed by atoms with Crippen molar-refractivity contribution in [3.63, 3.8) is 0 Å². The van der Waals surface area contributed by atoms with Gasteiger partial charge in [0.25, 0.3) is 0 Å². The Kier molecular flexibility index (Phi) is 8.13. The third kappa shape index (κ3) is 5.70. The van der Waals surface area contributed by atoms with Crippen molar-refractivity contribution in [3.8, 4) is 5.75 Å². The quantitative estimate of drug-likeness (QED) is 0.291. The molecule has 0 spiro atoms. The lowest BCUT2D eigenvalue weighted by Crippen LogP contribution is -2.36. The van der Waals surface area contributed by atoms with Crippen LogP contribution in [0.5, 0.6) is 5.75 Å². The maximum Gasteiger partial charge on any atom is 0.336 e. The Morgan fingerprint density at radius 3 is 2.60 bits per heavy atom. The van der Waals surface area contributed by atoms with Gasteiger partial charge in [-0.3, -0.25) is 9.59 Å². The average Bonchev–Trinajstić information content (AvgIpc) is 3.36. The zero-order valence-corrected chi connectivity index (χ0v) is 21.7. The molecule has 1 aliphatic carbocycles. The Hall–Kier alpha value is -2.84. The van der Waals surface area contributed by atoms with Gasteiger partial charge in [0.2, 0.25) is 0 Å². The van der Waals surface area contributed by atoms with Gasteiger partial charge in [0.05, 0.1) is 5.57 Å². The number of rotatable bonds is 8. The van der Waals surface area contributed by atoms with Crippen molar-refractivity contribution in [1.29, 1.82) is 0 Å². The second kappa shape index (κ2) is 11.3. The molecule has 35 heavy (non-hydrogen) atoms. The Labute approximate surface area is 213 Å². The minimum Gasteiger partial charge on any atom is -0.461 e. The fourth-order valence-corrected chi connectivity index (χ4v) is 6.00. The molecule has 0 saturated heterocycles. The molecule has 0 unspecified atom stereocenters. The van der Waals surface area contributed by atoms with Crippen molar-refractivity contribution in [3.05, 3.63) is 74.8 Å². The highest BCUT2D eigenvalue weighted by molar-refractivity contribution is 7.99. The van der Waals surface area contributed by atoms with Crippen LogP contribution in [0.3, 0.4) is 0 Å². The highest BCUT2D eigenvalue weighted by Crippen LogP contribution is 2.46. The van der Waals surface area contributed by atoms with E-state index in [1.54, 1.807) is 35.2 Å². The summed E-state index contributed by atoms with van der Waals surface area (Å²) in [5, 5.41) is 5.41. The number of dihydropyridines is 1. The molecule has 184 valence electrons. The first kappa shape index (κ1) is 25.3. The molecule has 0 fully saturated rings. The highest BCUT2D eigenvalue weighted by Gasteiger charge is 2.41. The molecule has 2 heterocycles. The van der Waals surface area contributed by atoms with E-state index in [1.165, 1.54) is 11.8 Å². The van der Waals surface area contributed by atoms with Gasteiger partial charge in [0.15, 0.2) is 5.78 Å². The Morgan fingerprint density at radius 1 is 1.17 bits per heavy atom. The van der Waals surface area contributed by atoms with Gasteiger partial charge in [-0.25, -0.2) is 4.79 Å². The standard InChI is InChI=1S/C27H29NO5S2/c1-4-34-13-11-32-27(31)24-16(2)28-21-14-19(23-6-5-12-35-23)15-22(30)26(21)25(24)18-7-9-20(10-8-18)33-17(3)29/h5-10,12,19,25,28H,4,11,13-15H2,1-3H3/t19-,25+/m0/s1. The molecule has 1 N–H and O–H groups in total. The highest BCUT2D eigenvalue weighted by atomic mass is 32.2. The molecule has 1 aromatic carbocycles. The molecule has 0 saturated carbocycles. The van der Waals surface area contributed by atoms with Crippen LogP contribution in [0.4, 0.5) is 0 Å². The number of benzene rings is 1. The molecule has 0 radical (unpaired) electrons. The van der Waals surface area contributed by atoms with E-state index in [-0.39, 0.29) is 11.7 Å². The van der Waals surface area contributed by atoms with Crippen LogP contribution < -0.4 is 10.1 Å². The van der Waals surface area contributed by atoms with Gasteiger partial charge in [-0.2, -0.15) is 11.8 Å². The third-order valence-corrected chi connectivity index (χ3v) is 8.03. The molecule has 2 atom stereocenters. The number of carbonyl (C=O) groups excluding carboxylic acids is 3. The first-order valence-corrected chi connectivity index (χ1v) is 13.7. The van der Waals surface area contributed by atoms with Gasteiger partial charge >= 0.3 is 11.9 Å². The number of carbonyl (C=O) groups is 3. The van der Waals surface area contributed by atoms with Crippen molar-refractivity contribution in [2.75, 3.05) is 18.1 Å². The summed E-state index contributed by atoms with van der Waals surface area (Å²) in [6.07, 6.45) is 1.11. The minimum atomic E-state index is -0.541. The number of thioether (sulfide) groups is 1. The van der Waals surface area contributed by atoms with Crippen LogP contribution in [0.15, 0.2) is 64.3 Å². The number of hydrogen-bond acceptors (Lipinski definition) is 8. The number of thiophene rings is 1. The van der Waals surface area contributed by atoms with E-state index in [4.69, 9.17) is 9.47 Å². The van der Waals surface area contributed by atoms with Crippen LogP contribution in [0.25, 0.3) is 0 Å². The van der Waals surface area contributed by atoms with E-state index in [9.17, 15) is 14.4 Å². The number of ether oxygens (including phenoxy) is 2. The van der Waals surface area contributed by atoms with Crippen LogP contribution in [0, 0.1) is 0 Å². The van der Waals surface area contributed by atoms with Crippen molar-refractivity contribution >= 4 is 40.8 Å². The van der Waals surface area contributed by atoms with Gasteiger partial charge in [0, 0.05) is 52.8 Å². The Morgan fingerprint density at radius 2 is 1.94 bits per heavy atom. The van der Waals surface area contributed by atoms with Gasteiger partial charge in [0.1, 0.15) is 12.4 Å². The van der Waals surface area contributed by atoms with E-state index in [2.05, 4.69) is 18.3 Å². The summed E-state index contributed by atoms with van der Waals surface area (Å²) in [5.41, 5.74) is 3.42. The van der Waals surface area contributed by atoms with Crippen LogP contribution >= 0.6 is 23.1 Å². The summed E-state index contributed by atoms with van der Waals surface area (Å²) in [4.78, 5) is 39.4. The molecule has 0 amide bonds. The molecule has 2 aliphatic rings. The number of esters is 2. The maximum absolute atomic E-state index is 13.6. The second-order valence-corrected chi connectivity index (χ2v) is 10.9. The fraction of sp³-hybridized carbons (Fsp3) is 0.370. The van der Waals surface area contributed by atoms with Crippen LogP contribution in [0.1, 0.15) is 55.9 Å². The number of ketones is 1. The zero-order valence-electron chi connectivity index (χ0n) is 20.1. The lowest BCUT2D eigenvalue weighted by atomic mass is 9.72. The van der Waals surface area contributed by atoms with Crippen LogP contribution in [-0.2, 0) is 19.1 Å². The van der Waals surface area contributed by atoms with Crippen molar-refractivity contribution in [2.45, 2.75) is 45.4 Å². The summed E-state index contributed by atoms with van der Waals surface area (Å²) >= 11 is 3.37. The summed E-state index contributed by atoms with van der Waals surface area (Å²) in [6, 6.07) is 11.1. The lowest BCUT2D eigenvalue weighted by Gasteiger charge is -2.36. The van der Waals surface area contributed by atoms with E-state index < -0.39 is 17.9 Å². The molecule has 1 aromatic heterocycles. The monoisotopic (exact) mass is 511 g/mol. The zero-order chi connectivity index (χ0) is 24.9. The third-order valence-electron chi connectivity index (χ3n) is 6.13. The second-order valence-electron chi connectivity index (χ2n) is 8.53. The van der Waals surface area contributed by atoms with Gasteiger partial charge < -0.3 is 14.8 Å². The molecule has 8 heteroatoms. The van der Waals surface area contributed by atoms with Crippen LogP contribution in [0.2, 0.25) is 0 Å². The van der Waals surface area contributed by atoms with Crippen molar-refractivity contribution < 1.29 is 23.9 Å². The Bertz CT molecular complexity index is 1160. The fourth-order valence-electron chi connectivity index (χ4n) is 4.68. The average molecular weight is 512 g/mol. The lowest BCUT2D eigenvalue weighted by molar-refractivity contribution is -0.138. The summed E-state index contributed by atoms with van der Waals surface area (Å²) < 4.78 is 10.8. The largest absolute Gasteiger partial charge is 0.461 e. The maximum atomic E-state index is 13.6. The summed E-state index contributed by atoms with van der Waals surface area (Å²) in [5.74, 6) is 0.878. The minimum absolute atomic E-state index is 0.0329. The summed E-state index contributed by atoms with van der Waals surface area (Å²) in [6.45, 7) is 5.58. The van der Waals surface area contributed by atoms with E-state index >= 15 is 0 Å². The first-order valence-electron chi connectivity index (χ1n) is 11.7. The molecule has 4 rings (SSSR count). The molecule has 0 bridgehead atoms. The number of hydrogen-bond donors (Lipinski definition) is 1. The topological polar surface area (TPSA) is 81.7 Å². The Balaban J connectivity index is 1.70. The number of Topliss-reactive ketones (excluding diaryl/α,β-unsaturated/α-hetero) is 1. The normalized spacial score (nSPS) is 19.8. The first-order chi connectivity index (χ1) is 16.9. The van der Waals surface area contributed by atoms with E-state index in [0.29, 0.717) is 42.0 Å². The van der Waals surface area contributed by atoms with Crippen LogP contribution in [-0.4, -0.2) is 35.8 Å².